The van der Waals surface area contributed by atoms with Gasteiger partial charge in [0, 0.05) is 13.8 Å². The number of ether oxygens (including phenoxy) is 15. The average molecular weight is 1380 g/mol. The van der Waals surface area contributed by atoms with Gasteiger partial charge in [-0.05, 0) is 6.92 Å². The fourth-order valence-corrected chi connectivity index (χ4v) is 12.0. The van der Waals surface area contributed by atoms with Gasteiger partial charge in [0.05, 0.1) is 52.4 Å². The monoisotopic (exact) mass is 1380 g/mol. The Morgan fingerprint density at radius 2 is 0.638 bits per heavy atom. The van der Waals surface area contributed by atoms with Gasteiger partial charge in [-0.2, -0.15) is 0 Å². The molecule has 546 valence electrons. The fraction of sp³-hybridized carbons (Fsp3) is 0.962. The molecule has 0 unspecified atom stereocenters. The largest absolute Gasteiger partial charge is 0.394 e. The highest BCUT2D eigenvalue weighted by atomic mass is 16.8. The summed E-state index contributed by atoms with van der Waals surface area (Å²) in [6, 6.07) is -3.61. The van der Waals surface area contributed by atoms with Gasteiger partial charge in [0.25, 0.3) is 0 Å². The first kappa shape index (κ1) is 77.2. The van der Waals surface area contributed by atoms with Crippen molar-refractivity contribution in [2.45, 2.75) is 266 Å². The molecule has 40 atom stereocenters. The summed E-state index contributed by atoms with van der Waals surface area (Å²) in [6.07, 6.45) is -75.6. The Labute approximate surface area is 532 Å². The molecule has 94 heavy (non-hydrogen) atoms. The first-order chi connectivity index (χ1) is 44.4. The molecule has 0 spiro atoms. The van der Waals surface area contributed by atoms with E-state index < -0.39 is 304 Å². The number of carbonyl (C=O) groups is 2. The molecule has 8 saturated heterocycles. The van der Waals surface area contributed by atoms with Gasteiger partial charge in [0.2, 0.25) is 11.8 Å². The molecule has 8 aliphatic rings. The highest BCUT2D eigenvalue weighted by Crippen LogP contribution is 2.38. The summed E-state index contributed by atoms with van der Waals surface area (Å²) in [5, 5.41) is 255. The SMILES string of the molecule is CC(=O)N[C@@H]1[C@@H](O)[C@H](O[C@@H]2O[C@H](CO)[C@@H](O[C@@H]3O[C@H](CO[C@H]4O[C@H](CO)[C@@H](O)[C@H](O[C@H]5O[C@H](CO)[C@@H](O)[C@H](O)[C@@H]5O)[C@@H]4O)[C@@H](O)[C@H](O[C@H]4O[C@H](CO)[C@@H](O)[C@H](O)[C@@H]4O[C@H]4O[C@H](CO)[C@@H](O)[C@H](O)[C@@H]4O)[C@@H]3O)[C@H](O)[C@H]2NC(C)=O)[C@@H](CO[C@@H]2O[C@@H](C)[C@@H](O)[C@@H](O)[C@@H]2O)O[C@H]1O. The molecule has 2 amide bonds. The third kappa shape index (κ3) is 16.6. The molecule has 0 aromatic carbocycles. The smallest absolute Gasteiger partial charge is 0.217 e. The Bertz CT molecular complexity index is 2370. The standard InChI is InChI=1S/C52H88N2O40/c1-11-23(62)31(70)35(74)47(82-11)81-10-20-41(29(68)21(45(79)83-20)53-12(2)60)90-46-22(54-13(3)61)30(69)40(18(8-59)88-46)91-51-39(78)43(93-52-44(34(73)26(65)16(6-57)87-52)94-50-37(76)33(72)25(64)15(5-56)86-50)28(67)19(89-51)9-80-48-38(77)42(27(66)17(7-58)84-48)92-49-36(75)32(71)24(63)14(4-55)85-49/h11,14-52,55-59,62-79H,4-10H2,1-3H3,(H,53,60)(H,54,61)/t11-,14+,15+,16+,17+,18+,19+,20+,21+,22+,23+,24+,25+,26+,27+,28+,29+,30+,31+,32-,33-,34-,35-,36-,37-,38-,39-,40+,41+,42-,43-,44-,45+,46-,47+,48-,49+,50+,51-,52+/m0/s1. The van der Waals surface area contributed by atoms with E-state index in [2.05, 4.69) is 10.6 Å². The zero-order valence-corrected chi connectivity index (χ0v) is 50.3. The molecule has 25 N–H and O–H groups in total. The van der Waals surface area contributed by atoms with Crippen LogP contribution in [0.5, 0.6) is 0 Å². The Kier molecular flexibility index (Phi) is 27.3. The summed E-state index contributed by atoms with van der Waals surface area (Å²) in [4.78, 5) is 25.3. The second kappa shape index (κ2) is 33.3. The van der Waals surface area contributed by atoms with E-state index in [4.69, 9.17) is 71.1 Å². The van der Waals surface area contributed by atoms with Crippen LogP contribution in [0.3, 0.4) is 0 Å². The zero-order chi connectivity index (χ0) is 69.2. The molecule has 8 heterocycles. The van der Waals surface area contributed by atoms with E-state index in [0.717, 1.165) is 13.8 Å². The van der Waals surface area contributed by atoms with E-state index in [9.17, 15) is 127 Å². The Morgan fingerprint density at radius 3 is 1.17 bits per heavy atom. The molecule has 0 radical (unpaired) electrons. The van der Waals surface area contributed by atoms with Crippen molar-refractivity contribution >= 4 is 11.8 Å². The second-order valence-corrected chi connectivity index (χ2v) is 23.9. The van der Waals surface area contributed by atoms with Gasteiger partial charge in [-0.3, -0.25) is 9.59 Å². The van der Waals surface area contributed by atoms with E-state index in [-0.39, 0.29) is 0 Å². The number of amides is 2. The van der Waals surface area contributed by atoms with Crippen molar-refractivity contribution in [3.05, 3.63) is 0 Å². The summed E-state index contributed by atoms with van der Waals surface area (Å²) < 4.78 is 86.8. The quantitative estimate of drug-likeness (QED) is 0.0452. The van der Waals surface area contributed by atoms with Gasteiger partial charge >= 0.3 is 0 Å². The summed E-state index contributed by atoms with van der Waals surface area (Å²) in [5.41, 5.74) is 0. The van der Waals surface area contributed by atoms with E-state index in [1.165, 1.54) is 6.92 Å². The molecule has 0 aromatic heterocycles. The van der Waals surface area contributed by atoms with Gasteiger partial charge < -0.3 is 199 Å². The molecule has 42 heteroatoms. The van der Waals surface area contributed by atoms with Crippen molar-refractivity contribution in [2.75, 3.05) is 46.2 Å². The van der Waals surface area contributed by atoms with Crippen molar-refractivity contribution < 1.29 is 198 Å². The molecular formula is C52H88N2O40. The summed E-state index contributed by atoms with van der Waals surface area (Å²) in [5.74, 6) is -1.73. The number of aliphatic hydroxyl groups excluding tert-OH is 23. The highest BCUT2D eigenvalue weighted by Gasteiger charge is 2.59. The lowest BCUT2D eigenvalue weighted by atomic mass is 9.93. The molecule has 8 aliphatic heterocycles. The van der Waals surface area contributed by atoms with Crippen LogP contribution < -0.4 is 10.6 Å². The molecule has 0 bridgehead atoms. The van der Waals surface area contributed by atoms with Gasteiger partial charge in [-0.1, -0.05) is 0 Å². The van der Waals surface area contributed by atoms with Crippen molar-refractivity contribution in [3.63, 3.8) is 0 Å². The third-order valence-corrected chi connectivity index (χ3v) is 17.4. The summed E-state index contributed by atoms with van der Waals surface area (Å²) in [7, 11) is 0. The van der Waals surface area contributed by atoms with E-state index in [0.29, 0.717) is 0 Å². The minimum absolute atomic E-state index is 0.798. The lowest BCUT2D eigenvalue weighted by molar-refractivity contribution is -0.399. The molecule has 0 saturated carbocycles. The number of hydrogen-bond donors (Lipinski definition) is 25. The lowest BCUT2D eigenvalue weighted by Crippen LogP contribution is -2.70. The summed E-state index contributed by atoms with van der Waals surface area (Å²) in [6.45, 7) is -3.79. The van der Waals surface area contributed by atoms with Crippen LogP contribution in [0.4, 0.5) is 0 Å². The Hall–Kier alpha value is -2.58. The molecular weight excluding hydrogens is 1290 g/mol. The normalized spacial score (nSPS) is 51.2. The number of aliphatic hydroxyl groups is 23. The number of carbonyl (C=O) groups excluding carboxylic acids is 2. The van der Waals surface area contributed by atoms with Crippen LogP contribution in [-0.4, -0.2) is 421 Å². The van der Waals surface area contributed by atoms with E-state index >= 15 is 0 Å². The van der Waals surface area contributed by atoms with E-state index in [1.807, 2.05) is 0 Å². The number of rotatable bonds is 23. The first-order valence-corrected chi connectivity index (χ1v) is 30.0. The number of nitrogens with one attached hydrogen (secondary N) is 2. The van der Waals surface area contributed by atoms with Crippen LogP contribution in [0.25, 0.3) is 0 Å². The van der Waals surface area contributed by atoms with Gasteiger partial charge in [0.1, 0.15) is 189 Å². The van der Waals surface area contributed by atoms with E-state index in [1.54, 1.807) is 0 Å². The van der Waals surface area contributed by atoms with Gasteiger partial charge in [-0.15, -0.1) is 0 Å². The fourth-order valence-electron chi connectivity index (χ4n) is 12.0. The maximum atomic E-state index is 13.0. The van der Waals surface area contributed by atoms with Crippen LogP contribution in [0.1, 0.15) is 20.8 Å². The number of hydrogen-bond acceptors (Lipinski definition) is 40. The third-order valence-electron chi connectivity index (χ3n) is 17.4. The Balaban J connectivity index is 1.09. The van der Waals surface area contributed by atoms with Crippen LogP contribution in [-0.2, 0) is 80.6 Å². The predicted octanol–water partition coefficient (Wildman–Crippen LogP) is -17.1. The first-order valence-electron chi connectivity index (χ1n) is 30.0. The topological polar surface area (TPSA) is 662 Å². The van der Waals surface area contributed by atoms with Crippen LogP contribution >= 0.6 is 0 Å². The maximum Gasteiger partial charge on any atom is 0.217 e. The molecule has 0 aromatic rings. The second-order valence-electron chi connectivity index (χ2n) is 23.9. The van der Waals surface area contributed by atoms with Crippen LogP contribution in [0.2, 0.25) is 0 Å². The van der Waals surface area contributed by atoms with Crippen molar-refractivity contribution in [2.24, 2.45) is 0 Å². The highest BCUT2D eigenvalue weighted by molar-refractivity contribution is 5.73. The van der Waals surface area contributed by atoms with Gasteiger partial charge in [0.15, 0.2) is 50.3 Å². The molecule has 8 fully saturated rings. The summed E-state index contributed by atoms with van der Waals surface area (Å²) >= 11 is 0. The molecule has 0 aliphatic carbocycles. The predicted molar refractivity (Wildman–Crippen MR) is 286 cm³/mol. The molecule has 42 nitrogen and oxygen atoms in total. The lowest BCUT2D eigenvalue weighted by Gasteiger charge is -2.51. The minimum Gasteiger partial charge on any atom is -0.394 e. The molecule has 8 rings (SSSR count). The zero-order valence-electron chi connectivity index (χ0n) is 50.3. The van der Waals surface area contributed by atoms with Crippen LogP contribution in [0, 0.1) is 0 Å². The average Bonchev–Trinajstić information content (AvgIpc) is 0.783. The maximum absolute atomic E-state index is 13.0. The van der Waals surface area contributed by atoms with Crippen molar-refractivity contribution in [3.8, 4) is 0 Å². The Morgan fingerprint density at radius 1 is 0.298 bits per heavy atom. The van der Waals surface area contributed by atoms with Crippen molar-refractivity contribution in [1.82, 2.24) is 10.6 Å². The van der Waals surface area contributed by atoms with Crippen LogP contribution in [0.15, 0.2) is 0 Å². The van der Waals surface area contributed by atoms with Gasteiger partial charge in [-0.25, -0.2) is 0 Å². The minimum atomic E-state index is -2.47. The van der Waals surface area contributed by atoms with Crippen molar-refractivity contribution in [1.29, 1.82) is 0 Å².